The molecule has 0 N–H and O–H groups in total. The molecule has 0 saturated carbocycles. The van der Waals surface area contributed by atoms with Gasteiger partial charge in [0.2, 0.25) is 0 Å². The largest absolute Gasteiger partial charge is 0.423 e. The highest BCUT2D eigenvalue weighted by Crippen LogP contribution is 2.23. The summed E-state index contributed by atoms with van der Waals surface area (Å²) < 4.78 is 6.90. The van der Waals surface area contributed by atoms with Crippen LogP contribution in [0.25, 0.3) is 5.69 Å². The second-order valence-electron chi connectivity index (χ2n) is 4.20. The molecule has 0 aliphatic heterocycles. The minimum Gasteiger partial charge on any atom is -0.423 e. The highest BCUT2D eigenvalue weighted by Gasteiger charge is 2.12. The van der Waals surface area contributed by atoms with E-state index in [0.29, 0.717) is 16.5 Å². The topological polar surface area (TPSA) is 96.0 Å². The first-order valence-corrected chi connectivity index (χ1v) is 6.48. The summed E-state index contributed by atoms with van der Waals surface area (Å²) in [6.45, 7) is 0. The van der Waals surface area contributed by atoms with Gasteiger partial charge in [0.1, 0.15) is 5.75 Å². The van der Waals surface area contributed by atoms with Crippen LogP contribution in [0.2, 0.25) is 5.02 Å². The van der Waals surface area contributed by atoms with Crippen LogP contribution < -0.4 is 4.74 Å². The van der Waals surface area contributed by atoms with Crippen LogP contribution in [0.5, 0.6) is 11.8 Å². The van der Waals surface area contributed by atoms with Gasteiger partial charge in [-0.2, -0.15) is 4.68 Å². The Balaban J connectivity index is 1.88. The standard InChI is InChI=1S/C13H8ClN5O3/c14-9-1-7-12(8-2-9)22-13-15-16-17-18(13)10-3-5-11(6-4-10)19(20)21/h1-8H. The molecule has 0 aliphatic carbocycles. The van der Waals surface area contributed by atoms with Crippen molar-refractivity contribution in [3.63, 3.8) is 0 Å². The van der Waals surface area contributed by atoms with Crippen LogP contribution in [0.4, 0.5) is 5.69 Å². The lowest BCUT2D eigenvalue weighted by Gasteiger charge is -2.05. The number of tetrazole rings is 1. The molecule has 22 heavy (non-hydrogen) atoms. The molecule has 0 unspecified atom stereocenters. The zero-order valence-electron chi connectivity index (χ0n) is 11.0. The molecule has 2 aromatic carbocycles. The average molecular weight is 318 g/mol. The van der Waals surface area contributed by atoms with Crippen molar-refractivity contribution < 1.29 is 9.66 Å². The Morgan fingerprint density at radius 2 is 1.77 bits per heavy atom. The van der Waals surface area contributed by atoms with Crippen LogP contribution in [0.15, 0.2) is 48.5 Å². The number of hydrogen-bond donors (Lipinski definition) is 0. The molecular formula is C13H8ClN5O3. The lowest BCUT2D eigenvalue weighted by Crippen LogP contribution is -2.00. The Morgan fingerprint density at radius 1 is 1.09 bits per heavy atom. The van der Waals surface area contributed by atoms with Crippen LogP contribution in [0, 0.1) is 10.1 Å². The molecular weight excluding hydrogens is 310 g/mol. The Hall–Kier alpha value is -3.00. The van der Waals surface area contributed by atoms with E-state index in [2.05, 4.69) is 15.5 Å². The number of benzene rings is 2. The molecule has 3 rings (SSSR count). The minimum absolute atomic E-state index is 0.0167. The third kappa shape index (κ3) is 2.86. The first-order chi connectivity index (χ1) is 10.6. The summed E-state index contributed by atoms with van der Waals surface area (Å²) in [5.74, 6) is 0.516. The van der Waals surface area contributed by atoms with Crippen molar-refractivity contribution in [2.24, 2.45) is 0 Å². The zero-order chi connectivity index (χ0) is 15.5. The average Bonchev–Trinajstić information content (AvgIpc) is 2.98. The summed E-state index contributed by atoms with van der Waals surface area (Å²) in [5.41, 5.74) is 0.525. The molecule has 1 heterocycles. The molecule has 0 aliphatic rings. The fourth-order valence-corrected chi connectivity index (χ4v) is 1.85. The van der Waals surface area contributed by atoms with Crippen LogP contribution in [0.3, 0.4) is 0 Å². The maximum Gasteiger partial charge on any atom is 0.345 e. The Bertz CT molecular complexity index is 801. The van der Waals surface area contributed by atoms with E-state index < -0.39 is 4.92 Å². The molecule has 0 spiro atoms. The third-order valence-corrected chi connectivity index (χ3v) is 3.02. The van der Waals surface area contributed by atoms with Crippen molar-refractivity contribution in [2.45, 2.75) is 0 Å². The number of ether oxygens (including phenoxy) is 1. The number of nitro groups is 1. The number of nitrogens with zero attached hydrogens (tertiary/aromatic N) is 5. The van der Waals surface area contributed by atoms with Crippen molar-refractivity contribution in [1.29, 1.82) is 0 Å². The Morgan fingerprint density at radius 3 is 2.41 bits per heavy atom. The van der Waals surface area contributed by atoms with E-state index >= 15 is 0 Å². The summed E-state index contributed by atoms with van der Waals surface area (Å²) in [4.78, 5) is 10.2. The monoisotopic (exact) mass is 317 g/mol. The number of aromatic nitrogens is 4. The lowest BCUT2D eigenvalue weighted by molar-refractivity contribution is -0.384. The van der Waals surface area contributed by atoms with Gasteiger partial charge in [0.25, 0.3) is 5.69 Å². The Labute approximate surface area is 129 Å². The van der Waals surface area contributed by atoms with Crippen molar-refractivity contribution >= 4 is 17.3 Å². The molecule has 0 atom stereocenters. The van der Waals surface area contributed by atoms with Crippen LogP contribution in [0.1, 0.15) is 0 Å². The second-order valence-corrected chi connectivity index (χ2v) is 4.64. The van der Waals surface area contributed by atoms with Gasteiger partial charge in [-0.1, -0.05) is 16.7 Å². The molecule has 0 amide bonds. The molecule has 0 bridgehead atoms. The zero-order valence-corrected chi connectivity index (χ0v) is 11.7. The lowest BCUT2D eigenvalue weighted by atomic mass is 10.3. The van der Waals surface area contributed by atoms with E-state index in [0.717, 1.165) is 0 Å². The fourth-order valence-electron chi connectivity index (χ4n) is 1.73. The molecule has 0 fully saturated rings. The van der Waals surface area contributed by atoms with Gasteiger partial charge in [-0.15, -0.1) is 0 Å². The summed E-state index contributed by atoms with van der Waals surface area (Å²) in [6, 6.07) is 12.6. The van der Waals surface area contributed by atoms with E-state index in [-0.39, 0.29) is 11.7 Å². The predicted octanol–water partition coefficient (Wildman–Crippen LogP) is 3.02. The van der Waals surface area contributed by atoms with Gasteiger partial charge in [-0.3, -0.25) is 10.1 Å². The number of non-ortho nitro benzene ring substituents is 1. The number of nitro benzene ring substituents is 1. The van der Waals surface area contributed by atoms with Gasteiger partial charge in [-0.05, 0) is 46.8 Å². The van der Waals surface area contributed by atoms with E-state index in [1.807, 2.05) is 0 Å². The first-order valence-electron chi connectivity index (χ1n) is 6.10. The smallest absolute Gasteiger partial charge is 0.345 e. The molecule has 1 aromatic heterocycles. The van der Waals surface area contributed by atoms with Crippen molar-refractivity contribution in [3.05, 3.63) is 63.7 Å². The van der Waals surface area contributed by atoms with Crippen molar-refractivity contribution in [1.82, 2.24) is 20.2 Å². The van der Waals surface area contributed by atoms with E-state index in [4.69, 9.17) is 16.3 Å². The third-order valence-electron chi connectivity index (χ3n) is 2.77. The predicted molar refractivity (Wildman–Crippen MR) is 77.3 cm³/mol. The number of hydrogen-bond acceptors (Lipinski definition) is 6. The summed E-state index contributed by atoms with van der Waals surface area (Å²) in [6.07, 6.45) is 0. The van der Waals surface area contributed by atoms with Gasteiger partial charge >= 0.3 is 6.01 Å². The van der Waals surface area contributed by atoms with Gasteiger partial charge in [0, 0.05) is 17.2 Å². The number of halogens is 1. The maximum absolute atomic E-state index is 10.7. The Kier molecular flexibility index (Phi) is 3.67. The highest BCUT2D eigenvalue weighted by atomic mass is 35.5. The SMILES string of the molecule is O=[N+]([O-])c1ccc(-n2nnnc2Oc2ccc(Cl)cc2)cc1. The van der Waals surface area contributed by atoms with E-state index in [1.165, 1.54) is 28.9 Å². The molecule has 9 heteroatoms. The van der Waals surface area contributed by atoms with E-state index in [1.54, 1.807) is 24.3 Å². The van der Waals surface area contributed by atoms with Crippen molar-refractivity contribution in [2.75, 3.05) is 0 Å². The van der Waals surface area contributed by atoms with Gasteiger partial charge in [0.15, 0.2) is 0 Å². The van der Waals surface area contributed by atoms with Crippen LogP contribution >= 0.6 is 11.6 Å². The molecule has 110 valence electrons. The van der Waals surface area contributed by atoms with E-state index in [9.17, 15) is 10.1 Å². The van der Waals surface area contributed by atoms with Crippen molar-refractivity contribution in [3.8, 4) is 17.4 Å². The normalized spacial score (nSPS) is 10.4. The maximum atomic E-state index is 10.7. The van der Waals surface area contributed by atoms with Gasteiger partial charge < -0.3 is 4.74 Å². The first kappa shape index (κ1) is 14.0. The minimum atomic E-state index is -0.478. The molecule has 8 nitrogen and oxygen atoms in total. The fraction of sp³-hybridized carbons (Fsp3) is 0. The molecule has 0 radical (unpaired) electrons. The number of rotatable bonds is 4. The van der Waals surface area contributed by atoms with Gasteiger partial charge in [0.05, 0.1) is 10.6 Å². The van der Waals surface area contributed by atoms with Crippen LogP contribution in [-0.4, -0.2) is 25.1 Å². The quantitative estimate of drug-likeness (QED) is 0.542. The van der Waals surface area contributed by atoms with Crippen LogP contribution in [-0.2, 0) is 0 Å². The molecule has 0 saturated heterocycles. The summed E-state index contributed by atoms with van der Waals surface area (Å²) >= 11 is 5.80. The summed E-state index contributed by atoms with van der Waals surface area (Å²) in [7, 11) is 0. The summed E-state index contributed by atoms with van der Waals surface area (Å²) in [5, 5.41) is 22.4. The highest BCUT2D eigenvalue weighted by molar-refractivity contribution is 6.30. The van der Waals surface area contributed by atoms with Gasteiger partial charge in [-0.25, -0.2) is 0 Å². The molecule has 3 aromatic rings. The second kappa shape index (κ2) is 5.78.